The number of hydrogen-bond acceptors (Lipinski definition) is 4. The molecule has 8 heteroatoms. The maximum absolute atomic E-state index is 13.1. The molecule has 2 aromatic rings. The molecule has 1 aliphatic heterocycles. The van der Waals surface area contributed by atoms with Crippen molar-refractivity contribution in [2.75, 3.05) is 6.54 Å². The number of pyridine rings is 1. The van der Waals surface area contributed by atoms with Crippen molar-refractivity contribution in [3.63, 3.8) is 0 Å². The highest BCUT2D eigenvalue weighted by molar-refractivity contribution is 5.75. The van der Waals surface area contributed by atoms with Crippen molar-refractivity contribution in [1.29, 1.82) is 0 Å². The second kappa shape index (κ2) is 6.76. The quantitative estimate of drug-likeness (QED) is 0.841. The van der Waals surface area contributed by atoms with Crippen LogP contribution < -0.4 is 11.0 Å². The predicted octanol–water partition coefficient (Wildman–Crippen LogP) is 1.67. The van der Waals surface area contributed by atoms with Crippen LogP contribution in [0.25, 0.3) is 0 Å². The molecule has 2 aromatic heterocycles. The highest BCUT2D eigenvalue weighted by Gasteiger charge is 2.47. The van der Waals surface area contributed by atoms with Gasteiger partial charge in [0.2, 0.25) is 0 Å². The number of carbonyl (C=O) groups is 1. The lowest BCUT2D eigenvalue weighted by Crippen LogP contribution is -2.41. The maximum Gasteiger partial charge on any atom is 0.343 e. The fourth-order valence-electron chi connectivity index (χ4n) is 5.01. The van der Waals surface area contributed by atoms with Gasteiger partial charge in [0.05, 0.1) is 6.04 Å². The van der Waals surface area contributed by atoms with Crippen molar-refractivity contribution >= 4 is 6.03 Å². The van der Waals surface area contributed by atoms with E-state index in [-0.39, 0.29) is 17.8 Å². The minimum Gasteiger partial charge on any atom is -0.334 e. The number of H-pyrrole nitrogens is 1. The first kappa shape index (κ1) is 17.5. The van der Waals surface area contributed by atoms with Crippen LogP contribution in [0, 0.1) is 11.8 Å². The Morgan fingerprint density at radius 2 is 2.14 bits per heavy atom. The zero-order valence-corrected chi connectivity index (χ0v) is 16.1. The predicted molar refractivity (Wildman–Crippen MR) is 103 cm³/mol. The summed E-state index contributed by atoms with van der Waals surface area (Å²) >= 11 is 0. The van der Waals surface area contributed by atoms with Gasteiger partial charge in [-0.3, -0.25) is 9.55 Å². The van der Waals surface area contributed by atoms with E-state index in [1.54, 1.807) is 11.6 Å². The number of rotatable bonds is 4. The summed E-state index contributed by atoms with van der Waals surface area (Å²) < 4.78 is 1.54. The fraction of sp³-hybridized carbons (Fsp3) is 0.600. The van der Waals surface area contributed by atoms with Crippen LogP contribution in [0.15, 0.2) is 17.2 Å². The number of amides is 2. The second-order valence-electron chi connectivity index (χ2n) is 8.32. The van der Waals surface area contributed by atoms with Gasteiger partial charge in [-0.15, -0.1) is 0 Å². The Bertz CT molecular complexity index is 960. The number of aromatic amines is 1. The molecule has 1 saturated carbocycles. The molecule has 0 spiro atoms. The number of likely N-dealkylation sites (tertiary alicyclic amines) is 1. The third-order valence-electron chi connectivity index (χ3n) is 6.65. The van der Waals surface area contributed by atoms with Gasteiger partial charge in [-0.25, -0.2) is 14.7 Å². The monoisotopic (exact) mass is 382 g/mol. The maximum atomic E-state index is 13.1. The summed E-state index contributed by atoms with van der Waals surface area (Å²) in [6, 6.07) is -0.227. The molecule has 148 valence electrons. The summed E-state index contributed by atoms with van der Waals surface area (Å²) in [6.45, 7) is 1.19. The number of carbonyl (C=O) groups excluding carboxylic acids is 1. The van der Waals surface area contributed by atoms with Crippen molar-refractivity contribution in [2.45, 2.75) is 51.1 Å². The number of aryl methyl sites for hydroxylation is 1. The topological polar surface area (TPSA) is 95.9 Å². The lowest BCUT2D eigenvalue weighted by molar-refractivity contribution is 0.178. The third kappa shape index (κ3) is 2.91. The molecule has 2 unspecified atom stereocenters. The van der Waals surface area contributed by atoms with Gasteiger partial charge in [-0.2, -0.15) is 5.10 Å². The third-order valence-corrected chi connectivity index (χ3v) is 6.65. The van der Waals surface area contributed by atoms with E-state index in [2.05, 4.69) is 20.5 Å². The van der Waals surface area contributed by atoms with E-state index in [0.717, 1.165) is 31.2 Å². The van der Waals surface area contributed by atoms with Crippen LogP contribution in [-0.4, -0.2) is 37.2 Å². The van der Waals surface area contributed by atoms with Gasteiger partial charge < -0.3 is 10.2 Å². The van der Waals surface area contributed by atoms with Crippen LogP contribution in [-0.2, 0) is 26.4 Å². The molecule has 2 N–H and O–H groups in total. The molecule has 5 rings (SSSR count). The number of urea groups is 1. The van der Waals surface area contributed by atoms with Crippen LogP contribution in [0.2, 0.25) is 0 Å². The van der Waals surface area contributed by atoms with Gasteiger partial charge in [0.25, 0.3) is 0 Å². The van der Waals surface area contributed by atoms with Crippen molar-refractivity contribution < 1.29 is 4.79 Å². The molecule has 8 nitrogen and oxygen atoms in total. The highest BCUT2D eigenvalue weighted by Crippen LogP contribution is 2.49. The van der Waals surface area contributed by atoms with Crippen LogP contribution in [0.4, 0.5) is 4.79 Å². The van der Waals surface area contributed by atoms with Crippen LogP contribution in [0.1, 0.15) is 54.2 Å². The Balaban J connectivity index is 1.35. The minimum absolute atomic E-state index is 0.0841. The number of hydrogen-bond donors (Lipinski definition) is 2. The number of nitrogens with one attached hydrogen (secondary N) is 2. The summed E-state index contributed by atoms with van der Waals surface area (Å²) in [4.78, 5) is 31.2. The molecule has 3 heterocycles. The summed E-state index contributed by atoms with van der Waals surface area (Å²) in [5, 5.41) is 9.88. The molecule has 2 atom stereocenters. The Labute approximate surface area is 163 Å². The summed E-state index contributed by atoms with van der Waals surface area (Å²) in [7, 11) is 1.72. The van der Waals surface area contributed by atoms with Gasteiger partial charge in [-0.05, 0) is 67.1 Å². The first-order valence-corrected chi connectivity index (χ1v) is 10.2. The largest absolute Gasteiger partial charge is 0.343 e. The van der Waals surface area contributed by atoms with Crippen molar-refractivity contribution in [3.8, 4) is 0 Å². The summed E-state index contributed by atoms with van der Waals surface area (Å²) in [5.41, 5.74) is 3.54. The van der Waals surface area contributed by atoms with Crippen LogP contribution >= 0.6 is 0 Å². The van der Waals surface area contributed by atoms with Crippen molar-refractivity contribution in [1.82, 2.24) is 30.0 Å². The minimum atomic E-state index is -0.234. The van der Waals surface area contributed by atoms with Gasteiger partial charge in [0, 0.05) is 32.5 Å². The van der Waals surface area contributed by atoms with E-state index < -0.39 is 0 Å². The molecule has 2 amide bonds. The molecular weight excluding hydrogens is 356 g/mol. The van der Waals surface area contributed by atoms with Crippen LogP contribution in [0.5, 0.6) is 0 Å². The molecule has 0 bridgehead atoms. The standard InChI is InChI=1S/C20H26N6O2/c1-25-18(23-24-20(25)28)17-16(12-5-6-12)7-8-26(17)19(27)22-11-14-10-21-9-13-3-2-4-15(13)14/h9-10,12,16-17H,2-8,11H2,1H3,(H,22,27)(H,24,28). The first-order chi connectivity index (χ1) is 13.6. The lowest BCUT2D eigenvalue weighted by atomic mass is 9.94. The zero-order chi connectivity index (χ0) is 19.3. The molecule has 28 heavy (non-hydrogen) atoms. The van der Waals surface area contributed by atoms with Crippen molar-refractivity contribution in [2.24, 2.45) is 18.9 Å². The molecule has 0 radical (unpaired) electrons. The molecule has 0 aromatic carbocycles. The lowest BCUT2D eigenvalue weighted by Gasteiger charge is -2.27. The van der Waals surface area contributed by atoms with E-state index in [4.69, 9.17) is 0 Å². The number of aromatic nitrogens is 4. The van der Waals surface area contributed by atoms with Gasteiger partial charge in [0.1, 0.15) is 0 Å². The molecular formula is C20H26N6O2. The average molecular weight is 382 g/mol. The number of nitrogens with zero attached hydrogens (tertiary/aromatic N) is 4. The Morgan fingerprint density at radius 1 is 1.29 bits per heavy atom. The molecule has 2 fully saturated rings. The summed E-state index contributed by atoms with van der Waals surface area (Å²) in [5.74, 6) is 1.68. The Hall–Kier alpha value is -2.64. The molecule has 1 saturated heterocycles. The normalized spacial score (nSPS) is 23.8. The Morgan fingerprint density at radius 3 is 2.89 bits per heavy atom. The van der Waals surface area contributed by atoms with E-state index >= 15 is 0 Å². The van der Waals surface area contributed by atoms with E-state index in [1.807, 2.05) is 17.3 Å². The zero-order valence-electron chi connectivity index (χ0n) is 16.1. The van der Waals surface area contributed by atoms with E-state index in [1.165, 1.54) is 24.0 Å². The number of fused-ring (bicyclic) bond motifs is 1. The van der Waals surface area contributed by atoms with Crippen LogP contribution in [0.3, 0.4) is 0 Å². The Kier molecular flexibility index (Phi) is 4.21. The average Bonchev–Trinajstić information content (AvgIpc) is 3.11. The fourth-order valence-corrected chi connectivity index (χ4v) is 5.01. The first-order valence-electron chi connectivity index (χ1n) is 10.2. The molecule has 3 aliphatic rings. The molecule has 2 aliphatic carbocycles. The van der Waals surface area contributed by atoms with E-state index in [9.17, 15) is 9.59 Å². The highest BCUT2D eigenvalue weighted by atomic mass is 16.2. The van der Waals surface area contributed by atoms with Crippen molar-refractivity contribution in [3.05, 3.63) is 45.4 Å². The van der Waals surface area contributed by atoms with E-state index in [0.29, 0.717) is 30.7 Å². The van der Waals surface area contributed by atoms with Gasteiger partial charge in [-0.1, -0.05) is 0 Å². The smallest absolute Gasteiger partial charge is 0.334 e. The van der Waals surface area contributed by atoms with Gasteiger partial charge in [0.15, 0.2) is 5.82 Å². The van der Waals surface area contributed by atoms with Gasteiger partial charge >= 0.3 is 11.7 Å². The second-order valence-corrected chi connectivity index (χ2v) is 8.32. The summed E-state index contributed by atoms with van der Waals surface area (Å²) in [6.07, 6.45) is 10.5. The SMILES string of the molecule is Cn1c(C2C(C3CC3)CCN2C(=O)NCc2cncc3c2CCC3)n[nH]c1=O.